The molecule has 1 saturated heterocycles. The maximum absolute atomic E-state index is 11.7. The topological polar surface area (TPSA) is 38.3 Å². The largest absolute Gasteiger partial charge is 0.381 e. The molecule has 1 rings (SSSR count). The van der Waals surface area contributed by atoms with Crippen LogP contribution < -0.4 is 5.32 Å². The zero-order valence-electron chi connectivity index (χ0n) is 10.6. The van der Waals surface area contributed by atoms with Crippen molar-refractivity contribution < 1.29 is 9.53 Å². The Morgan fingerprint density at radius 1 is 1.50 bits per heavy atom. The van der Waals surface area contributed by atoms with E-state index in [1.807, 2.05) is 0 Å². The summed E-state index contributed by atoms with van der Waals surface area (Å²) < 4.78 is 5.22. The molecule has 1 heterocycles. The molecule has 2 atom stereocenters. The number of hydrogen-bond acceptors (Lipinski definition) is 2. The second-order valence-corrected chi connectivity index (χ2v) is 4.72. The Hall–Kier alpha value is -0.570. The third kappa shape index (κ3) is 4.52. The summed E-state index contributed by atoms with van der Waals surface area (Å²) in [6, 6.07) is 0. The zero-order valence-corrected chi connectivity index (χ0v) is 10.6. The van der Waals surface area contributed by atoms with Crippen molar-refractivity contribution >= 4 is 5.91 Å². The minimum Gasteiger partial charge on any atom is -0.381 e. The molecular formula is C13H25NO2. The van der Waals surface area contributed by atoms with E-state index in [4.69, 9.17) is 4.74 Å². The maximum atomic E-state index is 11.7. The quantitative estimate of drug-likeness (QED) is 0.725. The summed E-state index contributed by atoms with van der Waals surface area (Å²) in [7, 11) is 0. The van der Waals surface area contributed by atoms with E-state index in [0.717, 1.165) is 26.0 Å². The van der Waals surface area contributed by atoms with E-state index < -0.39 is 0 Å². The second-order valence-electron chi connectivity index (χ2n) is 4.72. The smallest absolute Gasteiger partial charge is 0.225 e. The number of carbonyl (C=O) groups is 1. The van der Waals surface area contributed by atoms with Crippen LogP contribution in [0.3, 0.4) is 0 Å². The maximum Gasteiger partial charge on any atom is 0.225 e. The monoisotopic (exact) mass is 227 g/mol. The Morgan fingerprint density at radius 2 is 2.31 bits per heavy atom. The second kappa shape index (κ2) is 7.66. The molecule has 16 heavy (non-hydrogen) atoms. The Labute approximate surface area is 98.9 Å². The number of ether oxygens (including phenoxy) is 1. The summed E-state index contributed by atoms with van der Waals surface area (Å²) in [4.78, 5) is 11.7. The van der Waals surface area contributed by atoms with Crippen LogP contribution in [0.1, 0.15) is 46.0 Å². The summed E-state index contributed by atoms with van der Waals surface area (Å²) in [5, 5.41) is 3.07. The molecule has 0 aromatic rings. The van der Waals surface area contributed by atoms with Gasteiger partial charge in [0.2, 0.25) is 5.91 Å². The van der Waals surface area contributed by atoms with Gasteiger partial charge >= 0.3 is 0 Å². The van der Waals surface area contributed by atoms with Crippen LogP contribution in [0.4, 0.5) is 0 Å². The van der Waals surface area contributed by atoms with Crippen LogP contribution in [-0.2, 0) is 9.53 Å². The first kappa shape index (κ1) is 13.5. The van der Waals surface area contributed by atoms with Crippen molar-refractivity contribution in [3.8, 4) is 0 Å². The van der Waals surface area contributed by atoms with Crippen molar-refractivity contribution in [2.75, 3.05) is 19.8 Å². The lowest BCUT2D eigenvalue weighted by Crippen LogP contribution is -2.34. The summed E-state index contributed by atoms with van der Waals surface area (Å²) in [6.45, 7) is 6.60. The number of hydrogen-bond donors (Lipinski definition) is 1. The number of carbonyl (C=O) groups excluding carboxylic acids is 1. The van der Waals surface area contributed by atoms with E-state index in [9.17, 15) is 4.79 Å². The minimum atomic E-state index is 0.101. The molecule has 3 heteroatoms. The lowest BCUT2D eigenvalue weighted by molar-refractivity contribution is -0.125. The Morgan fingerprint density at radius 3 is 2.88 bits per heavy atom. The summed E-state index contributed by atoms with van der Waals surface area (Å²) in [5.74, 6) is 0.933. The number of unbranched alkanes of at least 4 members (excludes halogenated alkanes) is 1. The molecule has 3 nitrogen and oxygen atoms in total. The van der Waals surface area contributed by atoms with Gasteiger partial charge in [-0.2, -0.15) is 0 Å². The van der Waals surface area contributed by atoms with Crippen LogP contribution in [0.25, 0.3) is 0 Å². The molecule has 94 valence electrons. The molecular weight excluding hydrogens is 202 g/mol. The highest BCUT2D eigenvalue weighted by molar-refractivity contribution is 5.78. The van der Waals surface area contributed by atoms with E-state index in [0.29, 0.717) is 12.5 Å². The van der Waals surface area contributed by atoms with Crippen LogP contribution in [0, 0.1) is 11.8 Å². The first-order valence-electron chi connectivity index (χ1n) is 6.63. The van der Waals surface area contributed by atoms with Crippen molar-refractivity contribution in [3.05, 3.63) is 0 Å². The van der Waals surface area contributed by atoms with Gasteiger partial charge in [-0.1, -0.05) is 33.1 Å². The highest BCUT2D eigenvalue weighted by Crippen LogP contribution is 2.14. The predicted molar refractivity (Wildman–Crippen MR) is 65.2 cm³/mol. The van der Waals surface area contributed by atoms with Crippen LogP contribution in [0.5, 0.6) is 0 Å². The number of rotatable bonds is 7. The molecule has 1 N–H and O–H groups in total. The van der Waals surface area contributed by atoms with Gasteiger partial charge in [0.15, 0.2) is 0 Å². The zero-order chi connectivity index (χ0) is 11.8. The highest BCUT2D eigenvalue weighted by Gasteiger charge is 2.23. The van der Waals surface area contributed by atoms with Gasteiger partial charge in [-0.05, 0) is 18.8 Å². The Bertz CT molecular complexity index is 200. The van der Waals surface area contributed by atoms with Crippen LogP contribution in [-0.4, -0.2) is 25.7 Å². The van der Waals surface area contributed by atoms with Gasteiger partial charge in [0.1, 0.15) is 0 Å². The molecule has 0 bridgehead atoms. The average molecular weight is 227 g/mol. The van der Waals surface area contributed by atoms with Crippen LogP contribution >= 0.6 is 0 Å². The fourth-order valence-corrected chi connectivity index (χ4v) is 2.07. The molecule has 0 radical (unpaired) electrons. The molecule has 0 unspecified atom stereocenters. The van der Waals surface area contributed by atoms with Gasteiger partial charge in [-0.15, -0.1) is 0 Å². The third-order valence-corrected chi connectivity index (χ3v) is 3.41. The molecule has 1 amide bonds. The fourth-order valence-electron chi connectivity index (χ4n) is 2.07. The van der Waals surface area contributed by atoms with Crippen molar-refractivity contribution in [3.63, 3.8) is 0 Å². The fraction of sp³-hybridized carbons (Fsp3) is 0.923. The standard InChI is InChI=1S/C13H25NO2/c1-3-5-6-11(4-2)9-14-13(15)12-7-8-16-10-12/h11-12H,3-10H2,1-2H3,(H,14,15)/t11-,12-/m0/s1. The number of nitrogens with one attached hydrogen (secondary N) is 1. The van der Waals surface area contributed by atoms with Gasteiger partial charge in [-0.25, -0.2) is 0 Å². The summed E-state index contributed by atoms with van der Waals surface area (Å²) in [6.07, 6.45) is 5.77. The van der Waals surface area contributed by atoms with Gasteiger partial charge in [0.05, 0.1) is 12.5 Å². The minimum absolute atomic E-state index is 0.101. The van der Waals surface area contributed by atoms with Crippen LogP contribution in [0.2, 0.25) is 0 Å². The molecule has 1 aliphatic rings. The lowest BCUT2D eigenvalue weighted by atomic mass is 9.99. The molecule has 0 saturated carbocycles. The SMILES string of the molecule is CCCC[C@H](CC)CNC(=O)[C@H]1CCOC1. The molecule has 0 aromatic heterocycles. The molecule has 0 spiro atoms. The van der Waals surface area contributed by atoms with E-state index in [-0.39, 0.29) is 11.8 Å². The highest BCUT2D eigenvalue weighted by atomic mass is 16.5. The van der Waals surface area contributed by atoms with Crippen molar-refractivity contribution in [1.29, 1.82) is 0 Å². The lowest BCUT2D eigenvalue weighted by Gasteiger charge is -2.16. The Kier molecular flexibility index (Phi) is 6.46. The first-order valence-corrected chi connectivity index (χ1v) is 6.63. The van der Waals surface area contributed by atoms with Crippen molar-refractivity contribution in [2.24, 2.45) is 11.8 Å². The van der Waals surface area contributed by atoms with Gasteiger partial charge in [-0.3, -0.25) is 4.79 Å². The van der Waals surface area contributed by atoms with E-state index in [2.05, 4.69) is 19.2 Å². The van der Waals surface area contributed by atoms with Crippen molar-refractivity contribution in [1.82, 2.24) is 5.32 Å². The number of amides is 1. The van der Waals surface area contributed by atoms with Crippen molar-refractivity contribution in [2.45, 2.75) is 46.0 Å². The van der Waals surface area contributed by atoms with E-state index >= 15 is 0 Å². The van der Waals surface area contributed by atoms with E-state index in [1.54, 1.807) is 0 Å². The molecule has 0 aliphatic carbocycles. The molecule has 1 fully saturated rings. The van der Waals surface area contributed by atoms with Gasteiger partial charge in [0, 0.05) is 13.2 Å². The molecule has 0 aromatic carbocycles. The Balaban J connectivity index is 2.17. The van der Waals surface area contributed by atoms with Crippen LogP contribution in [0.15, 0.2) is 0 Å². The molecule has 1 aliphatic heterocycles. The van der Waals surface area contributed by atoms with E-state index in [1.165, 1.54) is 19.3 Å². The first-order chi connectivity index (χ1) is 7.77. The normalized spacial score (nSPS) is 22.0. The van der Waals surface area contributed by atoms with Gasteiger partial charge < -0.3 is 10.1 Å². The summed E-state index contributed by atoms with van der Waals surface area (Å²) in [5.41, 5.74) is 0. The van der Waals surface area contributed by atoms with Gasteiger partial charge in [0.25, 0.3) is 0 Å². The predicted octanol–water partition coefficient (Wildman–Crippen LogP) is 2.36. The third-order valence-electron chi connectivity index (χ3n) is 3.41. The average Bonchev–Trinajstić information content (AvgIpc) is 2.82. The summed E-state index contributed by atoms with van der Waals surface area (Å²) >= 11 is 0.